The van der Waals surface area contributed by atoms with Crippen LogP contribution in [0.4, 0.5) is 4.39 Å². The Hall–Kier alpha value is -6.79. The average Bonchev–Trinajstić information content (AvgIpc) is 3.63. The van der Waals surface area contributed by atoms with E-state index in [-0.39, 0.29) is 48.5 Å². The van der Waals surface area contributed by atoms with Crippen molar-refractivity contribution in [3.63, 3.8) is 0 Å². The molecule has 15 heteroatoms. The molecule has 0 spiro atoms. The maximum Gasteiger partial charge on any atom is 0.269 e. The molecule has 3 N–H and O–H groups in total. The Morgan fingerprint density at radius 2 is 1.81 bits per heavy atom. The lowest BCUT2D eigenvalue weighted by Crippen LogP contribution is -2.52. The first kappa shape index (κ1) is 39.1. The van der Waals surface area contributed by atoms with Gasteiger partial charge in [-0.15, -0.1) is 0 Å². The van der Waals surface area contributed by atoms with Gasteiger partial charge in [0.25, 0.3) is 11.8 Å². The van der Waals surface area contributed by atoms with Crippen LogP contribution >= 0.6 is 0 Å². The van der Waals surface area contributed by atoms with Gasteiger partial charge in [-0.05, 0) is 55.0 Å². The van der Waals surface area contributed by atoms with Crippen molar-refractivity contribution in [2.45, 2.75) is 64.1 Å². The molecule has 0 aliphatic carbocycles. The molecule has 0 bridgehead atoms. The van der Waals surface area contributed by atoms with Gasteiger partial charge in [-0.1, -0.05) is 36.1 Å². The standard InChI is InChI=1S/C44H41FN8O6/c1-26(54)52-18-19-53-37(25-52)40(51-41(53)28-15-20-59-21-16-28)31-9-5-8-29-22-36(48-24-33(29)31)30-11-12-34(47-23-30)43(57)46-17-3-2-6-27-7-4-10-32(39(27)45)42(56)49-35-13-14-38(55)50-44(35)58/h4-5,7-12,22-24,28,35H,3,13-21,25H2,1H3,(H,46,57)(H,49,56)(H,50,55,58)/t35-/m0/s1. The smallest absolute Gasteiger partial charge is 0.269 e. The number of amides is 5. The molecule has 0 radical (unpaired) electrons. The molecule has 2 fully saturated rings. The number of rotatable bonds is 8. The highest BCUT2D eigenvalue weighted by Crippen LogP contribution is 2.37. The van der Waals surface area contributed by atoms with E-state index in [2.05, 4.69) is 43.4 Å². The summed E-state index contributed by atoms with van der Waals surface area (Å²) >= 11 is 0. The fourth-order valence-corrected chi connectivity index (χ4v) is 7.72. The molecule has 5 amide bonds. The lowest BCUT2D eigenvalue weighted by Gasteiger charge is -2.30. The van der Waals surface area contributed by atoms with Crippen LogP contribution in [0.2, 0.25) is 0 Å². The van der Waals surface area contributed by atoms with Crippen LogP contribution in [0, 0.1) is 17.7 Å². The third-order valence-corrected chi connectivity index (χ3v) is 10.9. The molecule has 3 aliphatic heterocycles. The lowest BCUT2D eigenvalue weighted by molar-refractivity contribution is -0.134. The Kier molecular flexibility index (Phi) is 11.2. The number of imide groups is 1. The minimum Gasteiger partial charge on any atom is -0.381 e. The number of imidazole rings is 1. The van der Waals surface area contributed by atoms with Crippen molar-refractivity contribution in [3.8, 4) is 34.4 Å². The van der Waals surface area contributed by atoms with E-state index in [9.17, 15) is 24.0 Å². The summed E-state index contributed by atoms with van der Waals surface area (Å²) in [4.78, 5) is 77.7. The third kappa shape index (κ3) is 8.30. The number of carbonyl (C=O) groups is 5. The minimum atomic E-state index is -0.938. The summed E-state index contributed by atoms with van der Waals surface area (Å²) in [5, 5.41) is 9.28. The molecule has 0 saturated carbocycles. The number of carbonyl (C=O) groups excluding carboxylic acids is 5. The molecule has 1 atom stereocenters. The van der Waals surface area contributed by atoms with Crippen LogP contribution in [0.1, 0.15) is 82.9 Å². The highest BCUT2D eigenvalue weighted by atomic mass is 19.1. The summed E-state index contributed by atoms with van der Waals surface area (Å²) < 4.78 is 23.1. The number of pyridine rings is 2. The number of hydrogen-bond donors (Lipinski definition) is 3. The van der Waals surface area contributed by atoms with Crippen LogP contribution in [-0.4, -0.2) is 86.3 Å². The number of halogens is 1. The molecule has 2 aromatic carbocycles. The van der Waals surface area contributed by atoms with Gasteiger partial charge < -0.3 is 24.8 Å². The monoisotopic (exact) mass is 796 g/mol. The zero-order valence-electron chi connectivity index (χ0n) is 32.3. The Balaban J connectivity index is 0.913. The van der Waals surface area contributed by atoms with E-state index in [1.807, 2.05) is 29.3 Å². The van der Waals surface area contributed by atoms with E-state index in [4.69, 9.17) is 14.7 Å². The molecule has 0 unspecified atom stereocenters. The Morgan fingerprint density at radius 1 is 0.983 bits per heavy atom. The molecule has 8 rings (SSSR count). The molecular weight excluding hydrogens is 756 g/mol. The van der Waals surface area contributed by atoms with E-state index >= 15 is 4.39 Å². The van der Waals surface area contributed by atoms with Crippen LogP contribution in [0.3, 0.4) is 0 Å². The number of nitrogens with one attached hydrogen (secondary N) is 3. The molecule has 300 valence electrons. The quantitative estimate of drug-likeness (QED) is 0.118. The summed E-state index contributed by atoms with van der Waals surface area (Å²) in [5.41, 5.74) is 4.19. The molecular formula is C44H41FN8O6. The van der Waals surface area contributed by atoms with Gasteiger partial charge in [-0.2, -0.15) is 0 Å². The first-order chi connectivity index (χ1) is 28.6. The van der Waals surface area contributed by atoms with Gasteiger partial charge in [-0.3, -0.25) is 39.3 Å². The zero-order valence-corrected chi connectivity index (χ0v) is 32.3. The zero-order chi connectivity index (χ0) is 41.0. The second-order valence-electron chi connectivity index (χ2n) is 14.7. The van der Waals surface area contributed by atoms with Gasteiger partial charge in [0.15, 0.2) is 5.82 Å². The van der Waals surface area contributed by atoms with Gasteiger partial charge >= 0.3 is 0 Å². The minimum absolute atomic E-state index is 0.00991. The molecule has 6 heterocycles. The van der Waals surface area contributed by atoms with Crippen molar-refractivity contribution < 1.29 is 33.1 Å². The normalized spacial score (nSPS) is 16.8. The van der Waals surface area contributed by atoms with Gasteiger partial charge in [0.2, 0.25) is 17.7 Å². The number of aromatic nitrogens is 4. The van der Waals surface area contributed by atoms with E-state index in [1.54, 1.807) is 25.3 Å². The molecule has 2 saturated heterocycles. The van der Waals surface area contributed by atoms with Crippen LogP contribution in [0.5, 0.6) is 0 Å². The van der Waals surface area contributed by atoms with E-state index < -0.39 is 35.5 Å². The number of piperidine rings is 1. The maximum atomic E-state index is 15.1. The predicted octanol–water partition coefficient (Wildman–Crippen LogP) is 4.26. The number of ether oxygens (including phenoxy) is 1. The molecule has 59 heavy (non-hydrogen) atoms. The van der Waals surface area contributed by atoms with Crippen LogP contribution in [-0.2, 0) is 32.2 Å². The summed E-state index contributed by atoms with van der Waals surface area (Å²) in [7, 11) is 0. The van der Waals surface area contributed by atoms with Crippen molar-refractivity contribution >= 4 is 40.3 Å². The van der Waals surface area contributed by atoms with Crippen LogP contribution in [0.25, 0.3) is 33.3 Å². The van der Waals surface area contributed by atoms with Gasteiger partial charge in [0.05, 0.1) is 34.8 Å². The molecule has 14 nitrogen and oxygen atoms in total. The second-order valence-corrected chi connectivity index (χ2v) is 14.7. The Labute approximate surface area is 339 Å². The number of benzene rings is 2. The van der Waals surface area contributed by atoms with E-state index in [0.29, 0.717) is 44.5 Å². The largest absolute Gasteiger partial charge is 0.381 e. The van der Waals surface area contributed by atoms with Crippen molar-refractivity contribution in [2.75, 3.05) is 26.3 Å². The summed E-state index contributed by atoms with van der Waals surface area (Å²) in [6, 6.07) is 14.7. The van der Waals surface area contributed by atoms with Crippen molar-refractivity contribution in [1.82, 2.24) is 40.4 Å². The van der Waals surface area contributed by atoms with Crippen LogP contribution in [0.15, 0.2) is 67.0 Å². The maximum absolute atomic E-state index is 15.1. The lowest BCUT2D eigenvalue weighted by atomic mass is 9.99. The van der Waals surface area contributed by atoms with Crippen molar-refractivity contribution in [2.24, 2.45) is 0 Å². The average molecular weight is 797 g/mol. The van der Waals surface area contributed by atoms with Crippen molar-refractivity contribution in [3.05, 3.63) is 101 Å². The number of nitrogens with zero attached hydrogens (tertiary/aromatic N) is 5. The summed E-state index contributed by atoms with van der Waals surface area (Å²) in [6.45, 7) is 5.04. The molecule has 3 aliphatic rings. The number of fused-ring (bicyclic) bond motifs is 2. The van der Waals surface area contributed by atoms with Gasteiger partial charge in [0, 0.05) is 87.4 Å². The van der Waals surface area contributed by atoms with Crippen molar-refractivity contribution in [1.29, 1.82) is 0 Å². The third-order valence-electron chi connectivity index (χ3n) is 10.9. The predicted molar refractivity (Wildman–Crippen MR) is 214 cm³/mol. The van der Waals surface area contributed by atoms with Gasteiger partial charge in [-0.25, -0.2) is 9.37 Å². The molecule has 5 aromatic rings. The molecule has 3 aromatic heterocycles. The van der Waals surface area contributed by atoms with Gasteiger partial charge in [0.1, 0.15) is 17.6 Å². The van der Waals surface area contributed by atoms with Crippen LogP contribution < -0.4 is 16.0 Å². The topological polar surface area (TPSA) is 178 Å². The Morgan fingerprint density at radius 3 is 2.59 bits per heavy atom. The number of hydrogen-bond acceptors (Lipinski definition) is 9. The highest BCUT2D eigenvalue weighted by Gasteiger charge is 2.31. The Bertz CT molecular complexity index is 2550. The first-order valence-electron chi connectivity index (χ1n) is 19.6. The van der Waals surface area contributed by atoms with E-state index in [0.717, 1.165) is 52.0 Å². The summed E-state index contributed by atoms with van der Waals surface area (Å²) in [6.07, 6.45) is 5.67. The van der Waals surface area contributed by atoms with E-state index in [1.165, 1.54) is 18.2 Å². The summed E-state index contributed by atoms with van der Waals surface area (Å²) in [5.74, 6) is 3.82. The highest BCUT2D eigenvalue weighted by molar-refractivity contribution is 6.04. The second kappa shape index (κ2) is 17.0. The fourth-order valence-electron chi connectivity index (χ4n) is 7.72. The fraction of sp³-hybridized carbons (Fsp3) is 0.318. The first-order valence-corrected chi connectivity index (χ1v) is 19.6. The SMILES string of the molecule is CC(=O)N1CCn2c(C3CCOCC3)nc(-c3cccc4cc(-c5ccc(C(=O)NCCC#Cc6cccc(C(=O)N[C@H]7CCC(=O)NC7=O)c6F)nc5)ncc34)c2C1.